The number of piperazine rings is 1. The van der Waals surface area contributed by atoms with Crippen molar-refractivity contribution in [3.8, 4) is 6.07 Å². The summed E-state index contributed by atoms with van der Waals surface area (Å²) in [6.45, 7) is 7.34. The molecule has 2 fully saturated rings. The van der Waals surface area contributed by atoms with E-state index in [1.807, 2.05) is 18.2 Å². The number of carboxylic acid groups (broad SMARTS) is 1. The molecule has 0 aliphatic carbocycles. The van der Waals surface area contributed by atoms with Crippen molar-refractivity contribution in [1.82, 2.24) is 19.4 Å². The summed E-state index contributed by atoms with van der Waals surface area (Å²) in [5.74, 6) is 1.99. The third-order valence-electron chi connectivity index (χ3n) is 8.71. The van der Waals surface area contributed by atoms with Gasteiger partial charge in [0.15, 0.2) is 0 Å². The van der Waals surface area contributed by atoms with Gasteiger partial charge in [-0.1, -0.05) is 12.1 Å². The fourth-order valence-electron chi connectivity index (χ4n) is 6.18. The van der Waals surface area contributed by atoms with Crippen LogP contribution in [-0.2, 0) is 30.8 Å². The number of pyridine rings is 1. The topological polar surface area (TPSA) is 111 Å². The zero-order chi connectivity index (χ0) is 28.6. The highest BCUT2D eigenvalue weighted by Gasteiger charge is 2.25. The maximum atomic E-state index is 11.6. The number of fused-ring (bicyclic) bond motifs is 2. The lowest BCUT2D eigenvalue weighted by Gasteiger charge is -2.36. The fraction of sp³-hybridized carbons (Fsp3) is 0.375. The van der Waals surface area contributed by atoms with Gasteiger partial charge in [-0.15, -0.1) is 0 Å². The first kappa shape index (κ1) is 26.4. The minimum Gasteiger partial charge on any atom is -0.478 e. The van der Waals surface area contributed by atoms with E-state index in [1.165, 1.54) is 11.1 Å². The lowest BCUT2D eigenvalue weighted by atomic mass is 9.97. The second kappa shape index (κ2) is 11.1. The first-order valence-corrected chi connectivity index (χ1v) is 14.6. The quantitative estimate of drug-likeness (QED) is 0.360. The Morgan fingerprint density at radius 1 is 0.976 bits per heavy atom. The molecule has 10 nitrogen and oxygen atoms in total. The molecule has 0 spiro atoms. The van der Waals surface area contributed by atoms with Crippen LogP contribution in [0, 0.1) is 11.3 Å². The first-order valence-electron chi connectivity index (χ1n) is 14.6. The van der Waals surface area contributed by atoms with Crippen molar-refractivity contribution in [2.75, 3.05) is 49.1 Å². The molecule has 5 heterocycles. The molecule has 0 unspecified atom stereocenters. The van der Waals surface area contributed by atoms with Crippen molar-refractivity contribution in [1.29, 1.82) is 5.26 Å². The predicted octanol–water partition coefficient (Wildman–Crippen LogP) is 3.67. The van der Waals surface area contributed by atoms with Crippen LogP contribution in [-0.4, -0.2) is 75.9 Å². The standard InChI is InChI=1S/C32H33N7O3/c33-18-22-4-5-25-19-38(10-8-23(25)16-22)30-3-1-2-29(35-30)37-13-11-36(12-14-37)21-31-34-27-7-6-24(32(40)41)17-28(27)39(31)20-26-9-15-42-26/h1-7,16-17,26H,8-15,19-21H2,(H,40,41)/t26-/m0/s1. The molecule has 0 bridgehead atoms. The Bertz CT molecular complexity index is 1680. The van der Waals surface area contributed by atoms with Crippen molar-refractivity contribution in [3.05, 3.63) is 82.7 Å². The molecular formula is C32H33N7O3. The molecule has 10 heteroatoms. The summed E-state index contributed by atoms with van der Waals surface area (Å²) < 4.78 is 7.87. The Kier molecular flexibility index (Phi) is 6.98. The summed E-state index contributed by atoms with van der Waals surface area (Å²) in [6, 6.07) is 19.7. The number of ether oxygens (including phenoxy) is 1. The molecule has 0 radical (unpaired) electrons. The van der Waals surface area contributed by atoms with Crippen LogP contribution < -0.4 is 9.80 Å². The number of anilines is 2. The van der Waals surface area contributed by atoms with Gasteiger partial charge in [-0.2, -0.15) is 5.26 Å². The van der Waals surface area contributed by atoms with Crippen LogP contribution in [0.1, 0.15) is 39.3 Å². The van der Waals surface area contributed by atoms with E-state index in [9.17, 15) is 15.2 Å². The van der Waals surface area contributed by atoms with Gasteiger partial charge in [-0.25, -0.2) is 14.8 Å². The van der Waals surface area contributed by atoms with E-state index in [2.05, 4.69) is 49.6 Å². The summed E-state index contributed by atoms with van der Waals surface area (Å²) in [5, 5.41) is 18.7. The summed E-state index contributed by atoms with van der Waals surface area (Å²) in [6.07, 6.45) is 2.06. The van der Waals surface area contributed by atoms with Gasteiger partial charge in [0, 0.05) is 45.9 Å². The van der Waals surface area contributed by atoms with E-state index in [4.69, 9.17) is 14.7 Å². The molecule has 4 aromatic rings. The number of benzene rings is 2. The Hall–Kier alpha value is -4.46. The molecule has 2 aromatic heterocycles. The van der Waals surface area contributed by atoms with E-state index in [0.29, 0.717) is 13.1 Å². The molecule has 0 saturated carbocycles. The number of carbonyl (C=O) groups is 1. The Balaban J connectivity index is 1.03. The third-order valence-corrected chi connectivity index (χ3v) is 8.71. The fourth-order valence-corrected chi connectivity index (χ4v) is 6.18. The summed E-state index contributed by atoms with van der Waals surface area (Å²) in [4.78, 5) is 28.7. The van der Waals surface area contributed by atoms with Crippen LogP contribution in [0.5, 0.6) is 0 Å². The first-order chi connectivity index (χ1) is 20.5. The van der Waals surface area contributed by atoms with Crippen LogP contribution in [0.2, 0.25) is 0 Å². The summed E-state index contributed by atoms with van der Waals surface area (Å²) >= 11 is 0. The number of aromatic carboxylic acids is 1. The van der Waals surface area contributed by atoms with Crippen LogP contribution in [0.25, 0.3) is 11.0 Å². The lowest BCUT2D eigenvalue weighted by Crippen LogP contribution is -2.46. The molecular weight excluding hydrogens is 530 g/mol. The minimum atomic E-state index is -0.931. The molecule has 1 atom stereocenters. The smallest absolute Gasteiger partial charge is 0.335 e. The highest BCUT2D eigenvalue weighted by atomic mass is 16.5. The average Bonchev–Trinajstić information content (AvgIpc) is 3.34. The molecule has 2 aromatic carbocycles. The van der Waals surface area contributed by atoms with Crippen molar-refractivity contribution in [2.24, 2.45) is 0 Å². The Morgan fingerprint density at radius 3 is 2.52 bits per heavy atom. The van der Waals surface area contributed by atoms with Gasteiger partial charge in [0.2, 0.25) is 0 Å². The maximum Gasteiger partial charge on any atom is 0.335 e. The molecule has 3 aliphatic heterocycles. The monoisotopic (exact) mass is 563 g/mol. The molecule has 3 aliphatic rings. The second-order valence-electron chi connectivity index (χ2n) is 11.3. The van der Waals surface area contributed by atoms with Gasteiger partial charge < -0.3 is 24.2 Å². The van der Waals surface area contributed by atoms with Crippen molar-refractivity contribution in [3.63, 3.8) is 0 Å². The van der Waals surface area contributed by atoms with Gasteiger partial charge in [0.25, 0.3) is 0 Å². The zero-order valence-electron chi connectivity index (χ0n) is 23.4. The second-order valence-corrected chi connectivity index (χ2v) is 11.3. The molecule has 7 rings (SSSR count). The summed E-state index contributed by atoms with van der Waals surface area (Å²) in [5.41, 5.74) is 5.18. The number of hydrogen-bond donors (Lipinski definition) is 1. The number of imidazole rings is 1. The molecule has 42 heavy (non-hydrogen) atoms. The van der Waals surface area contributed by atoms with Gasteiger partial charge in [0.05, 0.1) is 47.4 Å². The zero-order valence-corrected chi connectivity index (χ0v) is 23.4. The minimum absolute atomic E-state index is 0.147. The molecule has 2 saturated heterocycles. The molecule has 1 N–H and O–H groups in total. The SMILES string of the molecule is N#Cc1ccc2c(c1)CCN(c1cccc(N3CCN(Cc4nc5ccc(C(=O)O)cc5n4C[C@@H]4CCO4)CC3)n1)C2. The van der Waals surface area contributed by atoms with Crippen molar-refractivity contribution in [2.45, 2.75) is 38.6 Å². The summed E-state index contributed by atoms with van der Waals surface area (Å²) in [7, 11) is 0. The number of hydrogen-bond acceptors (Lipinski definition) is 8. The average molecular weight is 564 g/mol. The van der Waals surface area contributed by atoms with Crippen LogP contribution in [0.4, 0.5) is 11.6 Å². The molecule has 0 amide bonds. The number of carboxylic acids is 1. The third kappa shape index (κ3) is 5.17. The highest BCUT2D eigenvalue weighted by molar-refractivity contribution is 5.92. The van der Waals surface area contributed by atoms with Crippen LogP contribution in [0.15, 0.2) is 54.6 Å². The van der Waals surface area contributed by atoms with Gasteiger partial charge in [-0.3, -0.25) is 4.90 Å². The van der Waals surface area contributed by atoms with Crippen molar-refractivity contribution < 1.29 is 14.6 Å². The van der Waals surface area contributed by atoms with Crippen LogP contribution in [0.3, 0.4) is 0 Å². The van der Waals surface area contributed by atoms with E-state index < -0.39 is 5.97 Å². The van der Waals surface area contributed by atoms with Gasteiger partial charge >= 0.3 is 5.97 Å². The van der Waals surface area contributed by atoms with E-state index in [-0.39, 0.29) is 11.7 Å². The van der Waals surface area contributed by atoms with E-state index in [1.54, 1.807) is 12.1 Å². The largest absolute Gasteiger partial charge is 0.478 e. The normalized spacial score (nSPS) is 18.9. The maximum absolute atomic E-state index is 11.6. The van der Waals surface area contributed by atoms with Crippen LogP contribution >= 0.6 is 0 Å². The number of nitrogens with zero attached hydrogens (tertiary/aromatic N) is 7. The predicted molar refractivity (Wildman–Crippen MR) is 159 cm³/mol. The number of aromatic nitrogens is 3. The number of rotatable bonds is 7. The molecule has 214 valence electrons. The van der Waals surface area contributed by atoms with Gasteiger partial charge in [-0.05, 0) is 66.4 Å². The Morgan fingerprint density at radius 2 is 1.79 bits per heavy atom. The number of nitriles is 1. The van der Waals surface area contributed by atoms with Gasteiger partial charge in [0.1, 0.15) is 17.5 Å². The van der Waals surface area contributed by atoms with E-state index >= 15 is 0 Å². The van der Waals surface area contributed by atoms with Crippen molar-refractivity contribution >= 4 is 28.6 Å². The lowest BCUT2D eigenvalue weighted by molar-refractivity contribution is -0.0592. The Labute approximate surface area is 244 Å². The highest BCUT2D eigenvalue weighted by Crippen LogP contribution is 2.27. The van der Waals surface area contributed by atoms with E-state index in [0.717, 1.165) is 92.8 Å².